The third-order valence-corrected chi connectivity index (χ3v) is 2.92. The summed E-state index contributed by atoms with van der Waals surface area (Å²) >= 11 is 0. The maximum Gasteiger partial charge on any atom is 0.415 e. The van der Waals surface area contributed by atoms with Crippen LogP contribution in [-0.4, -0.2) is 27.1 Å². The third-order valence-electron chi connectivity index (χ3n) is 2.92. The number of benzene rings is 1. The van der Waals surface area contributed by atoms with Crippen molar-refractivity contribution in [2.45, 2.75) is 6.61 Å². The minimum atomic E-state index is -1.13. The van der Waals surface area contributed by atoms with E-state index < -0.39 is 12.1 Å². The van der Waals surface area contributed by atoms with Gasteiger partial charge in [0.05, 0.1) is 5.56 Å². The molecule has 2 N–H and O–H groups in total. The Morgan fingerprint density at radius 3 is 2.78 bits per heavy atom. The number of hydrogen-bond acceptors (Lipinski definition) is 6. The van der Waals surface area contributed by atoms with Gasteiger partial charge in [-0.25, -0.2) is 19.9 Å². The monoisotopic (exact) mass is 313 g/mol. The second-order valence-electron chi connectivity index (χ2n) is 4.56. The number of carboxylic acid groups (broad SMARTS) is 1. The molecule has 0 fully saturated rings. The zero-order valence-electron chi connectivity index (χ0n) is 11.7. The summed E-state index contributed by atoms with van der Waals surface area (Å²) in [6, 6.07) is 10.3. The highest BCUT2D eigenvalue weighted by atomic mass is 16.6. The van der Waals surface area contributed by atoms with Crippen molar-refractivity contribution >= 4 is 29.3 Å². The lowest BCUT2D eigenvalue weighted by atomic mass is 10.2. The van der Waals surface area contributed by atoms with Gasteiger partial charge in [0, 0.05) is 12.3 Å². The van der Waals surface area contributed by atoms with Crippen molar-refractivity contribution in [2.75, 3.05) is 5.32 Å². The molecule has 8 heteroatoms. The number of fused-ring (bicyclic) bond motifs is 1. The van der Waals surface area contributed by atoms with Crippen LogP contribution in [0.3, 0.4) is 0 Å². The molecule has 0 aliphatic carbocycles. The molecule has 0 unspecified atom stereocenters. The van der Waals surface area contributed by atoms with E-state index in [9.17, 15) is 9.59 Å². The Balaban J connectivity index is 1.66. The SMILES string of the molecule is O=C(Nc1nc2ncc(C(=O)O)cc2o1)OCc1ccccc1. The number of ether oxygens (including phenoxy) is 1. The molecule has 3 rings (SSSR count). The number of oxazole rings is 1. The van der Waals surface area contributed by atoms with Crippen LogP contribution in [0.15, 0.2) is 47.0 Å². The number of hydrogen-bond donors (Lipinski definition) is 2. The van der Waals surface area contributed by atoms with Crippen LogP contribution in [0.25, 0.3) is 11.2 Å². The smallest absolute Gasteiger partial charge is 0.415 e. The summed E-state index contributed by atoms with van der Waals surface area (Å²) in [5, 5.41) is 11.2. The molecule has 0 radical (unpaired) electrons. The zero-order chi connectivity index (χ0) is 16.2. The molecule has 1 amide bonds. The Bertz CT molecular complexity index is 860. The minimum absolute atomic E-state index is 0.0353. The highest BCUT2D eigenvalue weighted by Gasteiger charge is 2.13. The van der Waals surface area contributed by atoms with E-state index in [2.05, 4.69) is 15.3 Å². The predicted octanol–water partition coefficient (Wildman–Crippen LogP) is 2.67. The normalized spacial score (nSPS) is 10.4. The highest BCUT2D eigenvalue weighted by molar-refractivity contribution is 5.91. The Hall–Kier alpha value is -3.42. The van der Waals surface area contributed by atoms with E-state index in [1.54, 1.807) is 0 Å². The van der Waals surface area contributed by atoms with Gasteiger partial charge in [-0.2, -0.15) is 4.98 Å². The van der Waals surface area contributed by atoms with Crippen molar-refractivity contribution in [3.8, 4) is 0 Å². The summed E-state index contributed by atoms with van der Waals surface area (Å²) in [4.78, 5) is 30.3. The number of nitrogens with one attached hydrogen (secondary N) is 1. The van der Waals surface area contributed by atoms with Crippen molar-refractivity contribution in [2.24, 2.45) is 0 Å². The molecule has 0 aliphatic heterocycles. The molecule has 1 aromatic carbocycles. The number of aromatic carboxylic acids is 1. The molecule has 0 bridgehead atoms. The van der Waals surface area contributed by atoms with E-state index in [1.807, 2.05) is 30.3 Å². The van der Waals surface area contributed by atoms with E-state index in [1.165, 1.54) is 6.07 Å². The molecule has 0 saturated heterocycles. The van der Waals surface area contributed by atoms with Crippen LogP contribution in [0, 0.1) is 0 Å². The van der Waals surface area contributed by atoms with Gasteiger partial charge < -0.3 is 14.3 Å². The van der Waals surface area contributed by atoms with Crippen molar-refractivity contribution < 1.29 is 23.8 Å². The second-order valence-corrected chi connectivity index (χ2v) is 4.56. The Labute approximate surface area is 129 Å². The fourth-order valence-corrected chi connectivity index (χ4v) is 1.84. The van der Waals surface area contributed by atoms with Crippen molar-refractivity contribution in [1.29, 1.82) is 0 Å². The van der Waals surface area contributed by atoms with Gasteiger partial charge in [-0.15, -0.1) is 0 Å². The van der Waals surface area contributed by atoms with Gasteiger partial charge in [0.25, 0.3) is 0 Å². The lowest BCUT2D eigenvalue weighted by Crippen LogP contribution is -2.13. The van der Waals surface area contributed by atoms with E-state index in [0.717, 1.165) is 11.8 Å². The number of aromatic nitrogens is 2. The number of carboxylic acids is 1. The summed E-state index contributed by atoms with van der Waals surface area (Å²) in [5.74, 6) is -1.13. The topological polar surface area (TPSA) is 115 Å². The third kappa shape index (κ3) is 3.43. The van der Waals surface area contributed by atoms with E-state index in [4.69, 9.17) is 14.3 Å². The van der Waals surface area contributed by atoms with Crippen LogP contribution in [0.2, 0.25) is 0 Å². The first kappa shape index (κ1) is 14.5. The number of nitrogens with zero attached hydrogens (tertiary/aromatic N) is 2. The Kier molecular flexibility index (Phi) is 3.88. The molecule has 3 aromatic rings. The van der Waals surface area contributed by atoms with E-state index >= 15 is 0 Å². The molecule has 2 aromatic heterocycles. The number of carbonyl (C=O) groups is 2. The first-order valence-electron chi connectivity index (χ1n) is 6.59. The average Bonchev–Trinajstić information content (AvgIpc) is 2.95. The number of rotatable bonds is 4. The lowest BCUT2D eigenvalue weighted by Gasteiger charge is -2.03. The van der Waals surface area contributed by atoms with Crippen LogP contribution >= 0.6 is 0 Å². The van der Waals surface area contributed by atoms with Crippen LogP contribution in [0.5, 0.6) is 0 Å². The van der Waals surface area contributed by atoms with E-state index in [0.29, 0.717) is 0 Å². The molecule has 0 spiro atoms. The number of anilines is 1. The number of pyridine rings is 1. The van der Waals surface area contributed by atoms with Crippen molar-refractivity contribution in [3.05, 3.63) is 53.7 Å². The van der Waals surface area contributed by atoms with Gasteiger partial charge in [-0.05, 0) is 5.56 Å². The zero-order valence-corrected chi connectivity index (χ0v) is 11.7. The van der Waals surface area contributed by atoms with Gasteiger partial charge >= 0.3 is 18.1 Å². The van der Waals surface area contributed by atoms with Crippen molar-refractivity contribution in [1.82, 2.24) is 9.97 Å². The first-order chi connectivity index (χ1) is 11.1. The van der Waals surface area contributed by atoms with Crippen LogP contribution in [0.1, 0.15) is 15.9 Å². The van der Waals surface area contributed by atoms with Gasteiger partial charge in [-0.1, -0.05) is 30.3 Å². The first-order valence-corrected chi connectivity index (χ1v) is 6.59. The van der Waals surface area contributed by atoms with Crippen LogP contribution < -0.4 is 5.32 Å². The summed E-state index contributed by atoms with van der Waals surface area (Å²) < 4.78 is 10.3. The predicted molar refractivity (Wildman–Crippen MR) is 79.0 cm³/mol. The maximum atomic E-state index is 11.7. The molecular formula is C15H11N3O5. The molecule has 0 atom stereocenters. The van der Waals surface area contributed by atoms with Gasteiger partial charge in [0.15, 0.2) is 5.58 Å². The van der Waals surface area contributed by atoms with Crippen LogP contribution in [-0.2, 0) is 11.3 Å². The second kappa shape index (κ2) is 6.14. The highest BCUT2D eigenvalue weighted by Crippen LogP contribution is 2.18. The molecule has 2 heterocycles. The molecule has 23 heavy (non-hydrogen) atoms. The quantitative estimate of drug-likeness (QED) is 0.760. The average molecular weight is 313 g/mol. The summed E-state index contributed by atoms with van der Waals surface area (Å²) in [6.07, 6.45) is 0.420. The fraction of sp³-hybridized carbons (Fsp3) is 0.0667. The van der Waals surface area contributed by atoms with E-state index in [-0.39, 0.29) is 29.4 Å². The summed E-state index contributed by atoms with van der Waals surface area (Å²) in [6.45, 7) is 0.105. The molecule has 8 nitrogen and oxygen atoms in total. The Morgan fingerprint density at radius 2 is 2.04 bits per heavy atom. The number of amides is 1. The minimum Gasteiger partial charge on any atom is -0.478 e. The Morgan fingerprint density at radius 1 is 1.26 bits per heavy atom. The molecule has 0 aliphatic rings. The summed E-state index contributed by atoms with van der Waals surface area (Å²) in [7, 11) is 0. The van der Waals surface area contributed by atoms with Crippen LogP contribution in [0.4, 0.5) is 10.8 Å². The van der Waals surface area contributed by atoms with Crippen molar-refractivity contribution in [3.63, 3.8) is 0 Å². The number of carbonyl (C=O) groups excluding carboxylic acids is 1. The molecule has 0 saturated carbocycles. The summed E-state index contributed by atoms with van der Waals surface area (Å²) in [5.41, 5.74) is 1.15. The van der Waals surface area contributed by atoms with Gasteiger partial charge in [0.2, 0.25) is 5.65 Å². The fourth-order valence-electron chi connectivity index (χ4n) is 1.84. The largest absolute Gasteiger partial charge is 0.478 e. The standard InChI is InChI=1S/C15H11N3O5/c19-13(20)10-6-11-12(16-7-10)17-14(23-11)18-15(21)22-8-9-4-2-1-3-5-9/h1-7H,8H2,(H,19,20)(H,16,17,18,21). The maximum absolute atomic E-state index is 11.7. The molecule has 116 valence electrons. The van der Waals surface area contributed by atoms with Gasteiger partial charge in [-0.3, -0.25) is 0 Å². The molecular weight excluding hydrogens is 302 g/mol. The van der Waals surface area contributed by atoms with Gasteiger partial charge in [0.1, 0.15) is 6.61 Å². The lowest BCUT2D eigenvalue weighted by molar-refractivity contribution is 0.0696.